The summed E-state index contributed by atoms with van der Waals surface area (Å²) in [4.78, 5) is 1.18. The van der Waals surface area contributed by atoms with Crippen molar-refractivity contribution < 1.29 is 5.21 Å². The molecule has 2 aromatic rings. The van der Waals surface area contributed by atoms with E-state index in [2.05, 4.69) is 42.4 Å². The van der Waals surface area contributed by atoms with Crippen LogP contribution in [0.15, 0.2) is 52.5 Å². The van der Waals surface area contributed by atoms with Crippen LogP contribution in [0.1, 0.15) is 22.3 Å². The van der Waals surface area contributed by atoms with E-state index in [-0.39, 0.29) is 5.84 Å². The van der Waals surface area contributed by atoms with Crippen molar-refractivity contribution in [2.24, 2.45) is 10.9 Å². The van der Waals surface area contributed by atoms with Crippen LogP contribution in [0.4, 0.5) is 0 Å². The van der Waals surface area contributed by atoms with Gasteiger partial charge in [0.2, 0.25) is 0 Å². The van der Waals surface area contributed by atoms with Crippen LogP contribution in [0.25, 0.3) is 0 Å². The lowest BCUT2D eigenvalue weighted by Crippen LogP contribution is -2.14. The van der Waals surface area contributed by atoms with Gasteiger partial charge in [-0.15, -0.1) is 11.8 Å². The van der Waals surface area contributed by atoms with Crippen molar-refractivity contribution in [3.8, 4) is 0 Å². The largest absolute Gasteiger partial charge is 0.409 e. The van der Waals surface area contributed by atoms with Gasteiger partial charge in [-0.2, -0.15) is 0 Å². The Hall–Kier alpha value is -1.94. The fourth-order valence-corrected chi connectivity index (χ4v) is 2.97. The van der Waals surface area contributed by atoms with Gasteiger partial charge < -0.3 is 10.9 Å². The Morgan fingerprint density at radius 3 is 2.65 bits per heavy atom. The van der Waals surface area contributed by atoms with E-state index in [1.54, 1.807) is 11.8 Å². The molecule has 0 atom stereocenters. The third-order valence-corrected chi connectivity index (χ3v) is 4.13. The highest BCUT2D eigenvalue weighted by molar-refractivity contribution is 7.98. The molecule has 0 aliphatic rings. The van der Waals surface area contributed by atoms with Crippen LogP contribution in [0.3, 0.4) is 0 Å². The first kappa shape index (κ1) is 14.5. The second kappa shape index (κ2) is 6.48. The molecule has 0 amide bonds. The number of benzene rings is 2. The predicted octanol–water partition coefficient (Wildman–Crippen LogP) is 3.69. The summed E-state index contributed by atoms with van der Waals surface area (Å²) in [5.41, 5.74) is 9.99. The van der Waals surface area contributed by atoms with E-state index in [1.807, 2.05) is 19.1 Å². The minimum Gasteiger partial charge on any atom is -0.409 e. The summed E-state index contributed by atoms with van der Waals surface area (Å²) < 4.78 is 0. The standard InChI is InChI=1S/C16H18N2OS/c1-11-4-3-5-13(8-11)10-20-14-6-7-15(12(2)9-14)16(17)18-19/h3-9,19H,10H2,1-2H3,(H2,17,18). The van der Waals surface area contributed by atoms with Crippen molar-refractivity contribution in [2.75, 3.05) is 0 Å². The lowest BCUT2D eigenvalue weighted by Gasteiger charge is -2.07. The fourth-order valence-electron chi connectivity index (χ4n) is 2.04. The van der Waals surface area contributed by atoms with Gasteiger partial charge in [-0.1, -0.05) is 35.0 Å². The van der Waals surface area contributed by atoms with Gasteiger partial charge in [0.15, 0.2) is 5.84 Å². The quantitative estimate of drug-likeness (QED) is 0.296. The molecule has 4 heteroatoms. The topological polar surface area (TPSA) is 58.6 Å². The van der Waals surface area contributed by atoms with Crippen LogP contribution < -0.4 is 5.73 Å². The molecule has 104 valence electrons. The predicted molar refractivity (Wildman–Crippen MR) is 84.4 cm³/mol. The molecule has 0 unspecified atom stereocenters. The summed E-state index contributed by atoms with van der Waals surface area (Å²) in [6.45, 7) is 4.06. The van der Waals surface area contributed by atoms with Crippen molar-refractivity contribution >= 4 is 17.6 Å². The minimum atomic E-state index is 0.151. The Morgan fingerprint density at radius 2 is 2.00 bits per heavy atom. The summed E-state index contributed by atoms with van der Waals surface area (Å²) in [5.74, 6) is 1.09. The van der Waals surface area contributed by atoms with Crippen molar-refractivity contribution in [3.05, 3.63) is 64.7 Å². The maximum atomic E-state index is 8.72. The molecule has 2 aromatic carbocycles. The number of aryl methyl sites for hydroxylation is 2. The highest BCUT2D eigenvalue weighted by Gasteiger charge is 2.05. The van der Waals surface area contributed by atoms with Crippen molar-refractivity contribution in [3.63, 3.8) is 0 Å². The van der Waals surface area contributed by atoms with Crippen LogP contribution in [-0.4, -0.2) is 11.0 Å². The monoisotopic (exact) mass is 286 g/mol. The maximum Gasteiger partial charge on any atom is 0.170 e. The Kier molecular flexibility index (Phi) is 4.69. The molecule has 0 aliphatic carbocycles. The molecule has 3 N–H and O–H groups in total. The van der Waals surface area contributed by atoms with Crippen LogP contribution >= 0.6 is 11.8 Å². The van der Waals surface area contributed by atoms with E-state index in [0.717, 1.165) is 16.9 Å². The van der Waals surface area contributed by atoms with Gasteiger partial charge in [0.1, 0.15) is 0 Å². The highest BCUT2D eigenvalue weighted by atomic mass is 32.2. The molecule has 0 spiro atoms. The van der Waals surface area contributed by atoms with Crippen LogP contribution in [0, 0.1) is 13.8 Å². The average molecular weight is 286 g/mol. The van der Waals surface area contributed by atoms with E-state index in [4.69, 9.17) is 10.9 Å². The first-order valence-electron chi connectivity index (χ1n) is 6.37. The molecular weight excluding hydrogens is 268 g/mol. The molecule has 0 aromatic heterocycles. The number of nitrogens with zero attached hydrogens (tertiary/aromatic N) is 1. The van der Waals surface area contributed by atoms with E-state index < -0.39 is 0 Å². The average Bonchev–Trinajstić information content (AvgIpc) is 2.44. The summed E-state index contributed by atoms with van der Waals surface area (Å²) in [6.07, 6.45) is 0. The lowest BCUT2D eigenvalue weighted by atomic mass is 10.1. The third kappa shape index (κ3) is 3.54. The molecule has 0 aliphatic heterocycles. The van der Waals surface area contributed by atoms with E-state index in [1.165, 1.54) is 16.0 Å². The Balaban J connectivity index is 2.09. The molecular formula is C16H18N2OS. The zero-order valence-corrected chi connectivity index (χ0v) is 12.4. The summed E-state index contributed by atoms with van der Waals surface area (Å²) >= 11 is 1.78. The Labute approximate surface area is 123 Å². The second-order valence-electron chi connectivity index (χ2n) is 4.74. The molecule has 0 saturated heterocycles. The first-order chi connectivity index (χ1) is 9.60. The molecule has 0 radical (unpaired) electrons. The van der Waals surface area contributed by atoms with Crippen LogP contribution in [0.5, 0.6) is 0 Å². The summed E-state index contributed by atoms with van der Waals surface area (Å²) in [7, 11) is 0. The van der Waals surface area contributed by atoms with Crippen molar-refractivity contribution in [1.29, 1.82) is 0 Å². The van der Waals surface area contributed by atoms with Gasteiger partial charge in [-0.05, 0) is 43.2 Å². The number of hydrogen-bond acceptors (Lipinski definition) is 3. The zero-order valence-electron chi connectivity index (χ0n) is 11.6. The van der Waals surface area contributed by atoms with Gasteiger partial charge in [-0.3, -0.25) is 0 Å². The molecule has 3 nitrogen and oxygen atoms in total. The molecule has 2 rings (SSSR count). The van der Waals surface area contributed by atoms with E-state index >= 15 is 0 Å². The molecule has 0 saturated carbocycles. The van der Waals surface area contributed by atoms with E-state index in [0.29, 0.717) is 0 Å². The SMILES string of the molecule is Cc1cccc(CSc2ccc(/C(N)=N/O)c(C)c2)c1. The molecule has 0 bridgehead atoms. The second-order valence-corrected chi connectivity index (χ2v) is 5.79. The highest BCUT2D eigenvalue weighted by Crippen LogP contribution is 2.25. The Morgan fingerprint density at radius 1 is 1.20 bits per heavy atom. The third-order valence-electron chi connectivity index (χ3n) is 3.07. The molecule has 0 heterocycles. The Bertz CT molecular complexity index is 638. The van der Waals surface area contributed by atoms with Gasteiger partial charge >= 0.3 is 0 Å². The smallest absolute Gasteiger partial charge is 0.170 e. The number of oxime groups is 1. The fraction of sp³-hybridized carbons (Fsp3) is 0.188. The summed E-state index contributed by atoms with van der Waals surface area (Å²) in [6, 6.07) is 14.5. The first-order valence-corrected chi connectivity index (χ1v) is 7.35. The van der Waals surface area contributed by atoms with Crippen molar-refractivity contribution in [2.45, 2.75) is 24.5 Å². The van der Waals surface area contributed by atoms with Gasteiger partial charge in [0, 0.05) is 16.2 Å². The number of nitrogens with two attached hydrogens (primary N) is 1. The zero-order chi connectivity index (χ0) is 14.5. The maximum absolute atomic E-state index is 8.72. The number of thioether (sulfide) groups is 1. The van der Waals surface area contributed by atoms with Crippen LogP contribution in [-0.2, 0) is 5.75 Å². The van der Waals surface area contributed by atoms with E-state index in [9.17, 15) is 0 Å². The van der Waals surface area contributed by atoms with Gasteiger partial charge in [0.05, 0.1) is 0 Å². The summed E-state index contributed by atoms with van der Waals surface area (Å²) in [5, 5.41) is 11.8. The minimum absolute atomic E-state index is 0.151. The normalized spacial score (nSPS) is 11.6. The van der Waals surface area contributed by atoms with Crippen molar-refractivity contribution in [1.82, 2.24) is 0 Å². The number of rotatable bonds is 4. The van der Waals surface area contributed by atoms with Crippen LogP contribution in [0.2, 0.25) is 0 Å². The van der Waals surface area contributed by atoms with Gasteiger partial charge in [0.25, 0.3) is 0 Å². The number of amidine groups is 1. The molecule has 0 fully saturated rings. The molecule has 20 heavy (non-hydrogen) atoms. The lowest BCUT2D eigenvalue weighted by molar-refractivity contribution is 0.318. The number of hydrogen-bond donors (Lipinski definition) is 2. The van der Waals surface area contributed by atoms with Gasteiger partial charge in [-0.25, -0.2) is 0 Å².